The van der Waals surface area contributed by atoms with Crippen LogP contribution in [0.3, 0.4) is 0 Å². The molecule has 10 aromatic carbocycles. The number of rotatable bonds is 7. The van der Waals surface area contributed by atoms with Crippen molar-refractivity contribution in [2.24, 2.45) is 0 Å². The number of hydrogen-bond acceptors (Lipinski definition) is 2. The largest absolute Gasteiger partial charge is 0.456 e. The van der Waals surface area contributed by atoms with Crippen molar-refractivity contribution in [1.29, 1.82) is 0 Å². The van der Waals surface area contributed by atoms with Gasteiger partial charge in [0.25, 0.3) is 0 Å². The molecule has 0 atom stereocenters. The SMILES string of the molecule is CC1(C)c2ccccc2-c2ccc(N(c3ccc(-c4cccc(-c5ccc6oc7ccccc7c6c5)c4)cc3)c3ccc(C4(c5ccccc5)c5ccccc5-c5ccccc54)cc3)cc21. The molecule has 312 valence electrons. The Balaban J connectivity index is 0.925. The first-order valence-electron chi connectivity index (χ1n) is 23.0. The highest BCUT2D eigenvalue weighted by Crippen LogP contribution is 2.57. The Kier molecular flexibility index (Phi) is 8.51. The van der Waals surface area contributed by atoms with Gasteiger partial charge in [0, 0.05) is 33.2 Å². The van der Waals surface area contributed by atoms with Crippen LogP contribution in [0, 0.1) is 0 Å². The first-order chi connectivity index (χ1) is 32.5. The number of nitrogens with zero attached hydrogens (tertiary/aromatic N) is 1. The van der Waals surface area contributed by atoms with Crippen molar-refractivity contribution in [3.63, 3.8) is 0 Å². The van der Waals surface area contributed by atoms with E-state index < -0.39 is 5.41 Å². The maximum absolute atomic E-state index is 6.15. The lowest BCUT2D eigenvalue weighted by atomic mass is 9.68. The van der Waals surface area contributed by atoms with Gasteiger partial charge in [-0.05, 0) is 139 Å². The molecule has 0 spiro atoms. The normalized spacial score (nSPS) is 13.8. The first-order valence-corrected chi connectivity index (χ1v) is 23.0. The van der Waals surface area contributed by atoms with Crippen LogP contribution in [0.4, 0.5) is 17.1 Å². The first kappa shape index (κ1) is 38.3. The van der Waals surface area contributed by atoms with E-state index in [1.807, 2.05) is 12.1 Å². The number of para-hydroxylation sites is 1. The van der Waals surface area contributed by atoms with Crippen LogP contribution in [0.5, 0.6) is 0 Å². The minimum Gasteiger partial charge on any atom is -0.456 e. The third-order valence-electron chi connectivity index (χ3n) is 14.6. The summed E-state index contributed by atoms with van der Waals surface area (Å²) in [5.41, 5.74) is 22.3. The molecule has 0 N–H and O–H groups in total. The lowest BCUT2D eigenvalue weighted by molar-refractivity contribution is 0.660. The number of anilines is 3. The molecule has 2 heteroatoms. The molecule has 0 amide bonds. The van der Waals surface area contributed by atoms with Crippen LogP contribution in [0.25, 0.3) is 66.4 Å². The third-order valence-corrected chi connectivity index (χ3v) is 14.6. The van der Waals surface area contributed by atoms with Crippen molar-refractivity contribution in [3.8, 4) is 44.5 Å². The second kappa shape index (κ2) is 14.7. The van der Waals surface area contributed by atoms with E-state index in [0.29, 0.717) is 0 Å². The fraction of sp³-hybridized carbons (Fsp3) is 0.0625. The fourth-order valence-corrected chi connectivity index (χ4v) is 11.4. The highest BCUT2D eigenvalue weighted by molar-refractivity contribution is 6.06. The van der Waals surface area contributed by atoms with Crippen LogP contribution in [0.1, 0.15) is 47.2 Å². The zero-order chi connectivity index (χ0) is 44.0. The average Bonchev–Trinajstić information content (AvgIpc) is 3.98. The molecule has 66 heavy (non-hydrogen) atoms. The Bertz CT molecular complexity index is 3620. The summed E-state index contributed by atoms with van der Waals surface area (Å²) >= 11 is 0. The molecule has 0 fully saturated rings. The molecule has 2 aliphatic rings. The van der Waals surface area contributed by atoms with E-state index in [1.165, 1.54) is 77.9 Å². The lowest BCUT2D eigenvalue weighted by Crippen LogP contribution is -2.28. The van der Waals surface area contributed by atoms with Gasteiger partial charge in [0.05, 0.1) is 5.41 Å². The van der Waals surface area contributed by atoms with Crippen molar-refractivity contribution in [2.45, 2.75) is 24.7 Å². The van der Waals surface area contributed by atoms with Crippen LogP contribution in [-0.2, 0) is 10.8 Å². The summed E-state index contributed by atoms with van der Waals surface area (Å²) in [6.07, 6.45) is 0. The predicted molar refractivity (Wildman–Crippen MR) is 274 cm³/mol. The summed E-state index contributed by atoms with van der Waals surface area (Å²) in [5, 5.41) is 2.28. The van der Waals surface area contributed by atoms with Gasteiger partial charge >= 0.3 is 0 Å². The second-order valence-corrected chi connectivity index (χ2v) is 18.4. The molecule has 13 rings (SSSR count). The molecule has 0 saturated carbocycles. The van der Waals surface area contributed by atoms with Crippen LogP contribution in [0.2, 0.25) is 0 Å². The summed E-state index contributed by atoms with van der Waals surface area (Å²) < 4.78 is 6.15. The van der Waals surface area contributed by atoms with Gasteiger partial charge < -0.3 is 9.32 Å². The number of furan rings is 1. The molecule has 0 saturated heterocycles. The monoisotopic (exact) mass is 843 g/mol. The summed E-state index contributed by atoms with van der Waals surface area (Å²) in [7, 11) is 0. The van der Waals surface area contributed by atoms with E-state index in [1.54, 1.807) is 0 Å². The maximum atomic E-state index is 6.15. The fourth-order valence-electron chi connectivity index (χ4n) is 11.4. The molecule has 1 heterocycles. The molecule has 0 radical (unpaired) electrons. The van der Waals surface area contributed by atoms with E-state index >= 15 is 0 Å². The number of hydrogen-bond donors (Lipinski definition) is 0. The Morgan fingerprint density at radius 3 is 1.53 bits per heavy atom. The molecule has 2 aliphatic carbocycles. The van der Waals surface area contributed by atoms with Crippen molar-refractivity contribution >= 4 is 39.0 Å². The van der Waals surface area contributed by atoms with Crippen LogP contribution in [-0.4, -0.2) is 0 Å². The van der Waals surface area contributed by atoms with Gasteiger partial charge in [0.1, 0.15) is 11.2 Å². The number of fused-ring (bicyclic) bond motifs is 9. The molecule has 0 unspecified atom stereocenters. The Labute approximate surface area is 385 Å². The van der Waals surface area contributed by atoms with Crippen molar-refractivity contribution < 1.29 is 4.42 Å². The van der Waals surface area contributed by atoms with E-state index in [9.17, 15) is 0 Å². The van der Waals surface area contributed by atoms with Gasteiger partial charge in [0.15, 0.2) is 0 Å². The van der Waals surface area contributed by atoms with E-state index in [-0.39, 0.29) is 5.41 Å². The van der Waals surface area contributed by atoms with Crippen molar-refractivity contribution in [1.82, 2.24) is 0 Å². The summed E-state index contributed by atoms with van der Waals surface area (Å²) in [4.78, 5) is 2.43. The average molecular weight is 844 g/mol. The van der Waals surface area contributed by atoms with Gasteiger partial charge in [-0.1, -0.05) is 190 Å². The van der Waals surface area contributed by atoms with Gasteiger partial charge in [-0.15, -0.1) is 0 Å². The minimum atomic E-state index is -0.463. The third kappa shape index (κ3) is 5.68. The maximum Gasteiger partial charge on any atom is 0.135 e. The minimum absolute atomic E-state index is 0.132. The predicted octanol–water partition coefficient (Wildman–Crippen LogP) is 17.1. The topological polar surface area (TPSA) is 16.4 Å². The van der Waals surface area contributed by atoms with Crippen molar-refractivity contribution in [3.05, 3.63) is 270 Å². The van der Waals surface area contributed by atoms with Gasteiger partial charge in [0.2, 0.25) is 0 Å². The Morgan fingerprint density at radius 2 is 0.818 bits per heavy atom. The standard InChI is InChI=1S/C64H45NO/c1-63(2)57-23-10-6-19-51(57)54-37-36-50(41-60(54)63)65(48-32-27-42(28-33-48)43-15-14-16-44(39-43)45-29-38-62-56(40-45)55-22-9-13-26-61(55)66-62)49-34-30-47(31-35-49)64(46-17-4-3-5-18-46)58-24-11-7-20-52(58)53-21-8-12-25-59(53)64/h3-41H,1-2H3. The van der Waals surface area contributed by atoms with E-state index in [4.69, 9.17) is 4.42 Å². The van der Waals surface area contributed by atoms with Crippen LogP contribution < -0.4 is 4.90 Å². The Hall–Kier alpha value is -8.20. The summed E-state index contributed by atoms with van der Waals surface area (Å²) in [6.45, 7) is 4.72. The highest BCUT2D eigenvalue weighted by atomic mass is 16.3. The molecular weight excluding hydrogens is 799 g/mol. The van der Waals surface area contributed by atoms with Gasteiger partial charge in [-0.25, -0.2) is 0 Å². The molecule has 0 bridgehead atoms. The smallest absolute Gasteiger partial charge is 0.135 e. The van der Waals surface area contributed by atoms with Crippen LogP contribution >= 0.6 is 0 Å². The quantitative estimate of drug-likeness (QED) is 0.159. The van der Waals surface area contributed by atoms with E-state index in [2.05, 4.69) is 243 Å². The second-order valence-electron chi connectivity index (χ2n) is 18.4. The molecule has 1 aromatic heterocycles. The molecule has 2 nitrogen and oxygen atoms in total. The van der Waals surface area contributed by atoms with Gasteiger partial charge in [-0.2, -0.15) is 0 Å². The van der Waals surface area contributed by atoms with Crippen molar-refractivity contribution in [2.75, 3.05) is 4.90 Å². The summed E-state index contributed by atoms with van der Waals surface area (Å²) in [6, 6.07) is 87.1. The zero-order valence-corrected chi connectivity index (χ0v) is 36.9. The lowest BCUT2D eigenvalue weighted by Gasteiger charge is -2.34. The molecular formula is C64H45NO. The van der Waals surface area contributed by atoms with E-state index in [0.717, 1.165) is 39.0 Å². The van der Waals surface area contributed by atoms with Gasteiger partial charge in [-0.3, -0.25) is 0 Å². The zero-order valence-electron chi connectivity index (χ0n) is 36.9. The molecule has 11 aromatic rings. The highest BCUT2D eigenvalue weighted by Gasteiger charge is 2.46. The summed E-state index contributed by atoms with van der Waals surface area (Å²) in [5.74, 6) is 0. The van der Waals surface area contributed by atoms with Crippen LogP contribution in [0.15, 0.2) is 241 Å². The molecule has 0 aliphatic heterocycles. The number of benzene rings is 10. The Morgan fingerprint density at radius 1 is 0.318 bits per heavy atom.